The molecule has 1 amide bonds. The molecular weight excluding hydrogens is 226 g/mol. The summed E-state index contributed by atoms with van der Waals surface area (Å²) in [4.78, 5) is 14.2. The van der Waals surface area contributed by atoms with Crippen molar-refractivity contribution in [1.82, 2.24) is 4.90 Å². The molecule has 98 valence electrons. The van der Waals surface area contributed by atoms with Crippen LogP contribution in [0.1, 0.15) is 31.9 Å². The Labute approximate surface area is 109 Å². The summed E-state index contributed by atoms with van der Waals surface area (Å²) in [6.45, 7) is 7.36. The summed E-state index contributed by atoms with van der Waals surface area (Å²) >= 11 is 0. The lowest BCUT2D eigenvalue weighted by molar-refractivity contribution is -0.140. The minimum atomic E-state index is -0.320. The van der Waals surface area contributed by atoms with Crippen LogP contribution in [0.15, 0.2) is 18.2 Å². The monoisotopic (exact) mass is 247 g/mol. The number of carbonyl (C=O) groups is 1. The Morgan fingerprint density at radius 1 is 1.33 bits per heavy atom. The molecule has 0 saturated heterocycles. The number of hydrogen-bond donors (Lipinski definition) is 0. The molecule has 0 N–H and O–H groups in total. The van der Waals surface area contributed by atoms with Crippen molar-refractivity contribution in [2.45, 2.75) is 33.7 Å². The first-order valence-corrected chi connectivity index (χ1v) is 6.37. The number of rotatable bonds is 1. The molecule has 1 aliphatic rings. The second-order valence-electron chi connectivity index (χ2n) is 5.82. The molecule has 18 heavy (non-hydrogen) atoms. The van der Waals surface area contributed by atoms with Crippen LogP contribution in [-0.2, 0) is 17.8 Å². The van der Waals surface area contributed by atoms with Gasteiger partial charge in [-0.2, -0.15) is 0 Å². The molecular formula is C15H21NO2. The standard InChI is InChI=1S/C15H21NO2/c1-15(2,3)14(17)16-9-8-11-6-5-7-13(18-4)12(11)10-16/h5-7H,8-10H2,1-4H3. The molecule has 1 aromatic rings. The molecule has 0 bridgehead atoms. The van der Waals surface area contributed by atoms with Crippen molar-refractivity contribution in [3.63, 3.8) is 0 Å². The first-order chi connectivity index (χ1) is 8.43. The molecule has 1 aromatic carbocycles. The zero-order valence-corrected chi connectivity index (χ0v) is 11.6. The Hall–Kier alpha value is -1.51. The minimum absolute atomic E-state index is 0.207. The number of ether oxygens (including phenoxy) is 1. The summed E-state index contributed by atoms with van der Waals surface area (Å²) < 4.78 is 5.39. The zero-order valence-electron chi connectivity index (χ0n) is 11.6. The van der Waals surface area contributed by atoms with Crippen LogP contribution in [0.4, 0.5) is 0 Å². The Bertz CT molecular complexity index is 446. The van der Waals surface area contributed by atoms with Crippen molar-refractivity contribution in [2.75, 3.05) is 13.7 Å². The van der Waals surface area contributed by atoms with Gasteiger partial charge in [-0.15, -0.1) is 0 Å². The second kappa shape index (κ2) is 4.63. The topological polar surface area (TPSA) is 29.5 Å². The Morgan fingerprint density at radius 2 is 2.06 bits per heavy atom. The van der Waals surface area contributed by atoms with E-state index < -0.39 is 0 Å². The van der Waals surface area contributed by atoms with Gasteiger partial charge in [0.25, 0.3) is 0 Å². The Morgan fingerprint density at radius 3 is 2.67 bits per heavy atom. The molecule has 0 spiro atoms. The maximum absolute atomic E-state index is 12.3. The largest absolute Gasteiger partial charge is 0.496 e. The van der Waals surface area contributed by atoms with E-state index in [2.05, 4.69) is 6.07 Å². The van der Waals surface area contributed by atoms with Crippen molar-refractivity contribution in [3.8, 4) is 5.75 Å². The van der Waals surface area contributed by atoms with E-state index in [0.29, 0.717) is 6.54 Å². The molecule has 1 aliphatic heterocycles. The highest BCUT2D eigenvalue weighted by molar-refractivity contribution is 5.81. The first kappa shape index (κ1) is 12.9. The van der Waals surface area contributed by atoms with Crippen LogP contribution in [0.25, 0.3) is 0 Å². The molecule has 3 nitrogen and oxygen atoms in total. The van der Waals surface area contributed by atoms with E-state index in [1.165, 1.54) is 5.56 Å². The van der Waals surface area contributed by atoms with Crippen LogP contribution in [0.5, 0.6) is 5.75 Å². The fourth-order valence-electron chi connectivity index (χ4n) is 2.39. The van der Waals surface area contributed by atoms with Gasteiger partial charge in [0.15, 0.2) is 0 Å². The van der Waals surface area contributed by atoms with Crippen LogP contribution in [0.2, 0.25) is 0 Å². The number of benzene rings is 1. The van der Waals surface area contributed by atoms with Crippen molar-refractivity contribution in [1.29, 1.82) is 0 Å². The van der Waals surface area contributed by atoms with Crippen molar-refractivity contribution in [2.24, 2.45) is 5.41 Å². The SMILES string of the molecule is COc1cccc2c1CN(C(=O)C(C)(C)C)CC2. The van der Waals surface area contributed by atoms with Crippen molar-refractivity contribution < 1.29 is 9.53 Å². The Kier molecular flexibility index (Phi) is 3.33. The maximum atomic E-state index is 12.3. The van der Waals surface area contributed by atoms with Gasteiger partial charge in [-0.25, -0.2) is 0 Å². The van der Waals surface area contributed by atoms with Crippen LogP contribution >= 0.6 is 0 Å². The molecule has 0 fully saturated rings. The number of fused-ring (bicyclic) bond motifs is 1. The number of nitrogens with zero attached hydrogens (tertiary/aromatic N) is 1. The van der Waals surface area contributed by atoms with Gasteiger partial charge in [-0.05, 0) is 18.1 Å². The fraction of sp³-hybridized carbons (Fsp3) is 0.533. The second-order valence-corrected chi connectivity index (χ2v) is 5.82. The van der Waals surface area contributed by atoms with Gasteiger partial charge in [-0.1, -0.05) is 32.9 Å². The first-order valence-electron chi connectivity index (χ1n) is 6.37. The average molecular weight is 247 g/mol. The van der Waals surface area contributed by atoms with E-state index in [-0.39, 0.29) is 11.3 Å². The highest BCUT2D eigenvalue weighted by Gasteiger charge is 2.30. The van der Waals surface area contributed by atoms with Gasteiger partial charge in [0.1, 0.15) is 5.75 Å². The smallest absolute Gasteiger partial charge is 0.228 e. The Balaban J connectivity index is 2.27. The lowest BCUT2D eigenvalue weighted by atomic mass is 9.92. The van der Waals surface area contributed by atoms with Crippen LogP contribution in [0, 0.1) is 5.41 Å². The van der Waals surface area contributed by atoms with Crippen LogP contribution in [-0.4, -0.2) is 24.5 Å². The molecule has 0 aromatic heterocycles. The van der Waals surface area contributed by atoms with Crippen LogP contribution < -0.4 is 4.74 Å². The zero-order chi connectivity index (χ0) is 13.3. The van der Waals surface area contributed by atoms with Crippen molar-refractivity contribution >= 4 is 5.91 Å². The molecule has 0 unspecified atom stereocenters. The van der Waals surface area contributed by atoms with E-state index in [4.69, 9.17) is 4.74 Å². The van der Waals surface area contributed by atoms with Crippen molar-refractivity contribution in [3.05, 3.63) is 29.3 Å². The molecule has 0 atom stereocenters. The lowest BCUT2D eigenvalue weighted by Gasteiger charge is -2.34. The summed E-state index contributed by atoms with van der Waals surface area (Å²) in [6.07, 6.45) is 0.911. The van der Waals surface area contributed by atoms with Gasteiger partial charge in [0, 0.05) is 24.1 Å². The quantitative estimate of drug-likeness (QED) is 0.763. The number of methoxy groups -OCH3 is 1. The maximum Gasteiger partial charge on any atom is 0.228 e. The highest BCUT2D eigenvalue weighted by Crippen LogP contribution is 2.30. The molecule has 0 radical (unpaired) electrons. The number of amides is 1. The van der Waals surface area contributed by atoms with E-state index in [1.807, 2.05) is 37.8 Å². The third-order valence-electron chi connectivity index (χ3n) is 3.38. The molecule has 0 aliphatic carbocycles. The van der Waals surface area contributed by atoms with E-state index in [0.717, 1.165) is 24.3 Å². The van der Waals surface area contributed by atoms with Gasteiger partial charge >= 0.3 is 0 Å². The number of carbonyl (C=O) groups excluding carboxylic acids is 1. The fourth-order valence-corrected chi connectivity index (χ4v) is 2.39. The summed E-state index contributed by atoms with van der Waals surface area (Å²) in [6, 6.07) is 6.10. The highest BCUT2D eigenvalue weighted by atomic mass is 16.5. The predicted molar refractivity (Wildman–Crippen MR) is 71.6 cm³/mol. The van der Waals surface area contributed by atoms with Crippen LogP contribution in [0.3, 0.4) is 0 Å². The molecule has 2 rings (SSSR count). The van der Waals surface area contributed by atoms with E-state index in [9.17, 15) is 4.79 Å². The lowest BCUT2D eigenvalue weighted by Crippen LogP contribution is -2.42. The minimum Gasteiger partial charge on any atom is -0.496 e. The molecule has 1 heterocycles. The third-order valence-corrected chi connectivity index (χ3v) is 3.38. The summed E-state index contributed by atoms with van der Waals surface area (Å²) in [5.74, 6) is 1.10. The third kappa shape index (κ3) is 2.35. The normalized spacial score (nSPS) is 15.2. The predicted octanol–water partition coefficient (Wildman–Crippen LogP) is 2.63. The van der Waals surface area contributed by atoms with E-state index in [1.54, 1.807) is 7.11 Å². The number of hydrogen-bond acceptors (Lipinski definition) is 2. The van der Waals surface area contributed by atoms with Gasteiger partial charge in [0.2, 0.25) is 5.91 Å². The van der Waals surface area contributed by atoms with Gasteiger partial charge in [-0.3, -0.25) is 4.79 Å². The van der Waals surface area contributed by atoms with Gasteiger partial charge in [0.05, 0.1) is 7.11 Å². The summed E-state index contributed by atoms with van der Waals surface area (Å²) in [5.41, 5.74) is 2.13. The molecule has 3 heteroatoms. The summed E-state index contributed by atoms with van der Waals surface area (Å²) in [5, 5.41) is 0. The molecule has 0 saturated carbocycles. The summed E-state index contributed by atoms with van der Waals surface area (Å²) in [7, 11) is 1.68. The van der Waals surface area contributed by atoms with E-state index >= 15 is 0 Å². The van der Waals surface area contributed by atoms with Gasteiger partial charge < -0.3 is 9.64 Å². The average Bonchev–Trinajstić information content (AvgIpc) is 2.35.